The van der Waals surface area contributed by atoms with E-state index in [-0.39, 0.29) is 42.1 Å². The van der Waals surface area contributed by atoms with Crippen LogP contribution in [0.1, 0.15) is 130 Å². The fourth-order valence-corrected chi connectivity index (χ4v) is 11.7. The largest absolute Gasteiger partial charge is 0.493 e. The summed E-state index contributed by atoms with van der Waals surface area (Å²) < 4.78 is 55.9. The molecule has 6 aromatic rings. The lowest BCUT2D eigenvalue weighted by Crippen LogP contribution is -2.49. The highest BCUT2D eigenvalue weighted by molar-refractivity contribution is 7.22. The maximum Gasteiger partial charge on any atom is 0.339 e. The second-order valence-corrected chi connectivity index (χ2v) is 23.9. The number of benzene rings is 4. The minimum absolute atomic E-state index is 0.201. The first-order chi connectivity index (χ1) is 39.5. The van der Waals surface area contributed by atoms with Gasteiger partial charge in [0.05, 0.1) is 104 Å². The average Bonchev–Trinajstić information content (AvgIpc) is 4.11. The number of aromatic nitrogens is 2. The normalized spacial score (nSPS) is 19.3. The zero-order chi connectivity index (χ0) is 56.4. The first-order valence-corrected chi connectivity index (χ1v) is 30.3. The van der Waals surface area contributed by atoms with Gasteiger partial charge in [0, 0.05) is 24.0 Å². The van der Waals surface area contributed by atoms with E-state index in [2.05, 4.69) is 44.9 Å². The van der Waals surface area contributed by atoms with Crippen LogP contribution in [0.3, 0.4) is 0 Å². The Morgan fingerprint density at radius 1 is 0.580 bits per heavy atom. The Balaban J connectivity index is 0.844. The molecular weight excluding hydrogens is 1070 g/mol. The molecular formula is C62H78N6O11S2. The third-order valence-corrected chi connectivity index (χ3v) is 17.6. The summed E-state index contributed by atoms with van der Waals surface area (Å²) >= 11 is 2.93. The van der Waals surface area contributed by atoms with E-state index in [1.54, 1.807) is 49.9 Å². The van der Waals surface area contributed by atoms with Crippen LogP contribution in [-0.2, 0) is 28.4 Å². The first-order valence-electron chi connectivity index (χ1n) is 28.7. The van der Waals surface area contributed by atoms with Crippen molar-refractivity contribution >= 4 is 77.7 Å². The Labute approximate surface area is 483 Å². The number of ether oxygens (including phenoxy) is 9. The number of rotatable bonds is 33. The van der Waals surface area contributed by atoms with E-state index in [1.165, 1.54) is 22.7 Å². The summed E-state index contributed by atoms with van der Waals surface area (Å²) in [5.74, 6) is 0.554. The molecule has 0 atom stereocenters. The Morgan fingerprint density at radius 3 is 1.46 bits per heavy atom. The van der Waals surface area contributed by atoms with Gasteiger partial charge >= 0.3 is 11.9 Å². The minimum atomic E-state index is -1.24. The number of anilines is 2. The van der Waals surface area contributed by atoms with E-state index in [9.17, 15) is 9.59 Å². The third-order valence-electron chi connectivity index (χ3n) is 15.7. The van der Waals surface area contributed by atoms with Gasteiger partial charge in [0.2, 0.25) is 10.3 Å². The summed E-state index contributed by atoms with van der Waals surface area (Å²) in [5, 5.41) is 10.4. The molecule has 4 heterocycles. The molecule has 0 unspecified atom stereocenters. The van der Waals surface area contributed by atoms with Gasteiger partial charge in [-0.1, -0.05) is 73.6 Å². The van der Waals surface area contributed by atoms with Crippen molar-refractivity contribution in [2.75, 3.05) is 84.0 Å². The number of esters is 2. The van der Waals surface area contributed by atoms with Crippen LogP contribution in [0.4, 0.5) is 10.3 Å². The third kappa shape index (κ3) is 16.1. The van der Waals surface area contributed by atoms with Crippen LogP contribution in [0.25, 0.3) is 20.4 Å². The number of carbonyl (C=O) groups is 2. The molecule has 2 aliphatic heterocycles. The number of hydrogen-bond acceptors (Lipinski definition) is 19. The lowest BCUT2D eigenvalue weighted by Gasteiger charge is -2.41. The van der Waals surface area contributed by atoms with Gasteiger partial charge in [0.25, 0.3) is 0 Å². The first kappa shape index (κ1) is 59.4. The van der Waals surface area contributed by atoms with Gasteiger partial charge in [0.1, 0.15) is 17.0 Å². The Bertz CT molecular complexity index is 2980. The zero-order valence-corrected chi connectivity index (χ0v) is 48.9. The van der Waals surface area contributed by atoms with E-state index in [0.29, 0.717) is 46.3 Å². The lowest BCUT2D eigenvalue weighted by atomic mass is 9.76. The van der Waals surface area contributed by atoms with Gasteiger partial charge < -0.3 is 42.6 Å². The van der Waals surface area contributed by atoms with E-state index in [4.69, 9.17) is 42.6 Å². The molecule has 19 heteroatoms. The monoisotopic (exact) mass is 1150 g/mol. The maximum absolute atomic E-state index is 14.4. The van der Waals surface area contributed by atoms with Gasteiger partial charge in [0.15, 0.2) is 11.5 Å². The van der Waals surface area contributed by atoms with Crippen LogP contribution < -0.4 is 25.1 Å². The number of methoxy groups -OCH3 is 1. The fourth-order valence-electron chi connectivity index (χ4n) is 10.0. The number of nitrogens with one attached hydrogen (secondary N) is 2. The maximum atomic E-state index is 14.4. The molecule has 2 N–H and O–H groups in total. The number of hydrazone groups is 2. The summed E-state index contributed by atoms with van der Waals surface area (Å²) in [6.45, 7) is 13.6. The van der Waals surface area contributed by atoms with Crippen molar-refractivity contribution in [2.24, 2.45) is 21.0 Å². The number of aryl methyl sites for hydroxylation is 1. The Morgan fingerprint density at radius 2 is 1.02 bits per heavy atom. The summed E-state index contributed by atoms with van der Waals surface area (Å²) in [7, 11) is 1.55. The van der Waals surface area contributed by atoms with Crippen molar-refractivity contribution in [1.29, 1.82) is 0 Å². The van der Waals surface area contributed by atoms with Crippen molar-refractivity contribution in [1.82, 2.24) is 9.97 Å². The highest BCUT2D eigenvalue weighted by Gasteiger charge is 2.47. The van der Waals surface area contributed by atoms with Crippen LogP contribution >= 0.6 is 22.7 Å². The van der Waals surface area contributed by atoms with Crippen molar-refractivity contribution in [3.05, 3.63) is 102 Å². The van der Waals surface area contributed by atoms with Gasteiger partial charge in [-0.15, -0.1) is 0 Å². The molecule has 3 fully saturated rings. The Kier molecular flexibility index (Phi) is 21.0. The fraction of sp³-hybridized carbons (Fsp3) is 0.516. The van der Waals surface area contributed by atoms with Crippen LogP contribution in [0.5, 0.6) is 17.2 Å². The van der Waals surface area contributed by atoms with Crippen molar-refractivity contribution in [3.8, 4) is 17.2 Å². The number of fused-ring (bicyclic) bond motifs is 2. The highest BCUT2D eigenvalue weighted by Crippen LogP contribution is 2.41. The topological polar surface area (TPSA) is 192 Å². The van der Waals surface area contributed by atoms with E-state index >= 15 is 0 Å². The van der Waals surface area contributed by atoms with Gasteiger partial charge in [-0.25, -0.2) is 19.6 Å². The minimum Gasteiger partial charge on any atom is -0.493 e. The number of thiazole rings is 2. The van der Waals surface area contributed by atoms with Crippen molar-refractivity contribution in [3.63, 3.8) is 0 Å². The van der Waals surface area contributed by atoms with E-state index < -0.39 is 23.1 Å². The Hall–Kier alpha value is -6.22. The standard InChI is InChI=1S/C62H78N6O11S2/c1-5-59(41-74-42-59)39-72-31-15-7-9-17-33-76-50-25-23-46(35-45(50)3)55(69)78-61(37-63-67-57-65-48-19-11-13-21-53(48)80-57)27-29-62(30-28-61,38-64-68-58-66-49-20-12-14-22-54(49)81-58)79-56(70)47-24-26-51(52(36-47)71-4)77-34-18-10-8-16-32-73-40-60(6-2)43-75-44-60/h11-14,19-26,35-38H,5-10,15-18,27-34,39-44H2,1-4H3,(H,65,67)(H,66,68)/b63-37+,64-38+. The molecule has 2 saturated heterocycles. The number of unbranched alkanes of at least 4 members (excludes halogenated alkanes) is 6. The molecule has 1 aliphatic carbocycles. The average molecular weight is 1150 g/mol. The molecule has 0 amide bonds. The molecule has 0 spiro atoms. The molecule has 17 nitrogen and oxygen atoms in total. The SMILES string of the molecule is CCC1(COCCCCCCOc2ccc(C(=O)OC3(/C=N/Nc4nc5ccccc5s4)CCC(/C=N/Nc4nc5ccccc5s4)(OC(=O)c4ccc(OCCCCCCOCC5(CC)COC5)c(OC)c4)CC3)cc2C)COC1. The predicted molar refractivity (Wildman–Crippen MR) is 319 cm³/mol. The van der Waals surface area contributed by atoms with Crippen LogP contribution in [0.15, 0.2) is 95.1 Å². The number of hydrogen-bond donors (Lipinski definition) is 2. The molecule has 9 rings (SSSR count). The summed E-state index contributed by atoms with van der Waals surface area (Å²) in [6.07, 6.45) is 14.2. The quantitative estimate of drug-likeness (QED) is 0.0171. The number of para-hydroxylation sites is 2. The number of carbonyl (C=O) groups excluding carboxylic acids is 2. The molecule has 0 radical (unpaired) electrons. The van der Waals surface area contributed by atoms with Gasteiger partial charge in [-0.2, -0.15) is 10.2 Å². The molecule has 0 bridgehead atoms. The highest BCUT2D eigenvalue weighted by atomic mass is 32.1. The van der Waals surface area contributed by atoms with Crippen LogP contribution in [0.2, 0.25) is 0 Å². The van der Waals surface area contributed by atoms with E-state index in [0.717, 1.165) is 143 Å². The molecule has 4 aromatic carbocycles. The molecule has 3 aliphatic rings. The predicted octanol–water partition coefficient (Wildman–Crippen LogP) is 13.2. The molecule has 2 aromatic heterocycles. The van der Waals surface area contributed by atoms with E-state index in [1.807, 2.05) is 61.5 Å². The van der Waals surface area contributed by atoms with Crippen molar-refractivity contribution < 1.29 is 52.2 Å². The summed E-state index contributed by atoms with van der Waals surface area (Å²) in [5.41, 5.74) is 7.26. The second-order valence-electron chi connectivity index (χ2n) is 21.8. The zero-order valence-electron chi connectivity index (χ0n) is 47.3. The molecule has 434 valence electrons. The van der Waals surface area contributed by atoms with Crippen molar-refractivity contribution in [2.45, 2.75) is 122 Å². The van der Waals surface area contributed by atoms with Crippen LogP contribution in [-0.4, -0.2) is 119 Å². The van der Waals surface area contributed by atoms with Gasteiger partial charge in [-0.05, 0) is 150 Å². The summed E-state index contributed by atoms with van der Waals surface area (Å²) in [4.78, 5) is 38.0. The molecule has 81 heavy (non-hydrogen) atoms. The smallest absolute Gasteiger partial charge is 0.339 e. The lowest BCUT2D eigenvalue weighted by molar-refractivity contribution is -0.150. The van der Waals surface area contributed by atoms with Gasteiger partial charge in [-0.3, -0.25) is 10.9 Å². The molecule has 1 saturated carbocycles. The second kappa shape index (κ2) is 28.7. The number of nitrogens with zero attached hydrogens (tertiary/aromatic N) is 4. The van der Waals surface area contributed by atoms with Crippen LogP contribution in [0, 0.1) is 17.8 Å². The summed E-state index contributed by atoms with van der Waals surface area (Å²) in [6, 6.07) is 26.1.